The van der Waals surface area contributed by atoms with Gasteiger partial charge in [0.1, 0.15) is 11.3 Å². The van der Waals surface area contributed by atoms with Crippen molar-refractivity contribution in [3.05, 3.63) is 82.2 Å². The monoisotopic (exact) mass is 459 g/mol. The van der Waals surface area contributed by atoms with Crippen LogP contribution in [0.25, 0.3) is 5.69 Å². The van der Waals surface area contributed by atoms with Gasteiger partial charge in [0.2, 0.25) is 0 Å². The Bertz CT molecular complexity index is 1290. The molecule has 1 saturated heterocycles. The number of nitrogens with one attached hydrogen (secondary N) is 1. The van der Waals surface area contributed by atoms with Gasteiger partial charge in [-0.1, -0.05) is 18.2 Å². The van der Waals surface area contributed by atoms with Gasteiger partial charge in [-0.3, -0.25) is 14.5 Å². The second kappa shape index (κ2) is 8.48. The van der Waals surface area contributed by atoms with Crippen LogP contribution in [0.1, 0.15) is 45.4 Å². The molecule has 2 aromatic carbocycles. The molecule has 0 saturated carbocycles. The maximum atomic E-state index is 13.3. The van der Waals surface area contributed by atoms with Crippen LogP contribution < -0.4 is 10.1 Å². The van der Waals surface area contributed by atoms with Gasteiger partial charge in [0.25, 0.3) is 5.91 Å². The zero-order valence-electron chi connectivity index (χ0n) is 20.4. The number of carbonyl (C=O) groups is 3. The maximum absolute atomic E-state index is 13.3. The van der Waals surface area contributed by atoms with Gasteiger partial charge in [-0.15, -0.1) is 0 Å². The molecule has 1 N–H and O–H groups in total. The SMILES string of the molecule is COc1ccc(C2(C)NC(=O)N(CC(=O)c3cc(C)n(-c4cc(C)cc(C)c4)c3C)C2=O)cc1. The van der Waals surface area contributed by atoms with Crippen LogP contribution in [-0.2, 0) is 10.3 Å². The fraction of sp³-hybridized carbons (Fsp3) is 0.296. The van der Waals surface area contributed by atoms with E-state index in [1.54, 1.807) is 38.3 Å². The van der Waals surface area contributed by atoms with Crippen molar-refractivity contribution in [1.82, 2.24) is 14.8 Å². The van der Waals surface area contributed by atoms with Crippen LogP contribution in [-0.4, -0.2) is 40.8 Å². The molecule has 0 bridgehead atoms. The second-order valence-electron chi connectivity index (χ2n) is 9.06. The molecular weight excluding hydrogens is 430 g/mol. The zero-order valence-corrected chi connectivity index (χ0v) is 20.4. The molecule has 1 fully saturated rings. The highest BCUT2D eigenvalue weighted by Crippen LogP contribution is 2.31. The molecule has 2 heterocycles. The van der Waals surface area contributed by atoms with Crippen LogP contribution in [0, 0.1) is 27.7 Å². The van der Waals surface area contributed by atoms with E-state index in [2.05, 4.69) is 23.5 Å². The number of amides is 3. The normalized spacial score (nSPS) is 17.8. The number of Topliss-reactive ketones (excluding diaryl/α,β-unsaturated/α-hetero) is 1. The molecule has 176 valence electrons. The lowest BCUT2D eigenvalue weighted by Gasteiger charge is -2.22. The third-order valence-corrected chi connectivity index (χ3v) is 6.44. The van der Waals surface area contributed by atoms with Gasteiger partial charge in [0.15, 0.2) is 5.78 Å². The Balaban J connectivity index is 1.60. The molecule has 1 aliphatic heterocycles. The largest absolute Gasteiger partial charge is 0.497 e. The van der Waals surface area contributed by atoms with Gasteiger partial charge in [0, 0.05) is 22.6 Å². The van der Waals surface area contributed by atoms with Crippen LogP contribution in [0.2, 0.25) is 0 Å². The highest BCUT2D eigenvalue weighted by Gasteiger charge is 2.49. The van der Waals surface area contributed by atoms with E-state index in [4.69, 9.17) is 4.74 Å². The predicted molar refractivity (Wildman–Crippen MR) is 130 cm³/mol. The van der Waals surface area contributed by atoms with E-state index >= 15 is 0 Å². The second-order valence-corrected chi connectivity index (χ2v) is 9.06. The zero-order chi connectivity index (χ0) is 24.8. The minimum absolute atomic E-state index is 0.286. The lowest BCUT2D eigenvalue weighted by molar-refractivity contribution is -0.130. The molecule has 0 radical (unpaired) electrons. The van der Waals surface area contributed by atoms with Crippen LogP contribution in [0.5, 0.6) is 5.75 Å². The third kappa shape index (κ3) is 3.87. The average molecular weight is 460 g/mol. The molecule has 3 aromatic rings. The number of rotatable bonds is 6. The Kier molecular flexibility index (Phi) is 5.81. The number of hydrogen-bond acceptors (Lipinski definition) is 4. The number of urea groups is 1. The van der Waals surface area contributed by atoms with Crippen molar-refractivity contribution in [2.45, 2.75) is 40.2 Å². The number of ether oxygens (including phenoxy) is 1. The number of aryl methyl sites for hydroxylation is 3. The third-order valence-electron chi connectivity index (χ3n) is 6.44. The number of nitrogens with zero attached hydrogens (tertiary/aromatic N) is 2. The Morgan fingerprint density at radius 2 is 1.59 bits per heavy atom. The molecule has 7 nitrogen and oxygen atoms in total. The van der Waals surface area contributed by atoms with E-state index in [1.807, 2.05) is 38.3 Å². The Labute approximate surface area is 199 Å². The molecule has 34 heavy (non-hydrogen) atoms. The summed E-state index contributed by atoms with van der Waals surface area (Å²) in [7, 11) is 1.56. The summed E-state index contributed by atoms with van der Waals surface area (Å²) >= 11 is 0. The number of methoxy groups -OCH3 is 1. The summed E-state index contributed by atoms with van der Waals surface area (Å²) < 4.78 is 7.20. The minimum atomic E-state index is -1.25. The Morgan fingerprint density at radius 3 is 2.18 bits per heavy atom. The van der Waals surface area contributed by atoms with E-state index in [9.17, 15) is 14.4 Å². The summed E-state index contributed by atoms with van der Waals surface area (Å²) in [6.07, 6.45) is 0. The molecule has 4 rings (SSSR count). The van der Waals surface area contributed by atoms with Gasteiger partial charge in [-0.05, 0) is 81.6 Å². The van der Waals surface area contributed by atoms with E-state index in [0.717, 1.165) is 33.1 Å². The lowest BCUT2D eigenvalue weighted by atomic mass is 9.92. The summed E-state index contributed by atoms with van der Waals surface area (Å²) in [5, 5.41) is 2.75. The first-order chi connectivity index (χ1) is 16.0. The van der Waals surface area contributed by atoms with Crippen LogP contribution in [0.3, 0.4) is 0 Å². The van der Waals surface area contributed by atoms with Gasteiger partial charge in [0.05, 0.1) is 13.7 Å². The van der Waals surface area contributed by atoms with Crippen molar-refractivity contribution in [2.24, 2.45) is 0 Å². The predicted octanol–water partition coefficient (Wildman–Crippen LogP) is 4.37. The lowest BCUT2D eigenvalue weighted by Crippen LogP contribution is -2.41. The molecule has 3 amide bonds. The van der Waals surface area contributed by atoms with Gasteiger partial charge in [-0.2, -0.15) is 0 Å². The summed E-state index contributed by atoms with van der Waals surface area (Å²) in [6.45, 7) is 9.21. The molecule has 7 heteroatoms. The highest BCUT2D eigenvalue weighted by atomic mass is 16.5. The minimum Gasteiger partial charge on any atom is -0.497 e. The standard InChI is InChI=1S/C27H29N3O4/c1-16-11-17(2)13-21(12-16)30-18(3)14-23(19(30)4)24(31)15-29-25(32)27(5,28-26(29)33)20-7-9-22(34-6)10-8-20/h7-14H,15H2,1-6H3,(H,28,33). The van der Waals surface area contributed by atoms with E-state index in [0.29, 0.717) is 16.9 Å². The molecule has 0 spiro atoms. The quantitative estimate of drug-likeness (QED) is 0.439. The van der Waals surface area contributed by atoms with E-state index < -0.39 is 17.5 Å². The van der Waals surface area contributed by atoms with Gasteiger partial charge in [-0.25, -0.2) is 4.79 Å². The van der Waals surface area contributed by atoms with Crippen molar-refractivity contribution in [1.29, 1.82) is 0 Å². The molecule has 1 atom stereocenters. The number of benzene rings is 2. The van der Waals surface area contributed by atoms with E-state index in [1.165, 1.54) is 0 Å². The van der Waals surface area contributed by atoms with Crippen LogP contribution >= 0.6 is 0 Å². The molecule has 0 aliphatic carbocycles. The molecular formula is C27H29N3O4. The van der Waals surface area contributed by atoms with Crippen LogP contribution in [0.15, 0.2) is 48.5 Å². The van der Waals surface area contributed by atoms with Crippen molar-refractivity contribution < 1.29 is 19.1 Å². The highest BCUT2D eigenvalue weighted by molar-refractivity contribution is 6.11. The van der Waals surface area contributed by atoms with Crippen molar-refractivity contribution >= 4 is 17.7 Å². The molecule has 1 aliphatic rings. The summed E-state index contributed by atoms with van der Waals surface area (Å²) in [4.78, 5) is 40.3. The molecule has 1 aromatic heterocycles. The number of aromatic nitrogens is 1. The Morgan fingerprint density at radius 1 is 0.971 bits per heavy atom. The average Bonchev–Trinajstić information content (AvgIpc) is 3.20. The fourth-order valence-corrected chi connectivity index (χ4v) is 4.71. The number of ketones is 1. The first-order valence-electron chi connectivity index (χ1n) is 11.1. The van der Waals surface area contributed by atoms with Crippen molar-refractivity contribution in [3.63, 3.8) is 0 Å². The van der Waals surface area contributed by atoms with Gasteiger partial charge >= 0.3 is 6.03 Å². The van der Waals surface area contributed by atoms with Crippen LogP contribution in [0.4, 0.5) is 4.79 Å². The number of hydrogen-bond donors (Lipinski definition) is 1. The van der Waals surface area contributed by atoms with Gasteiger partial charge < -0.3 is 14.6 Å². The number of carbonyl (C=O) groups excluding carboxylic acids is 3. The summed E-state index contributed by atoms with van der Waals surface area (Å²) in [5.41, 5.74) is 4.79. The number of imide groups is 1. The fourth-order valence-electron chi connectivity index (χ4n) is 4.71. The molecule has 1 unspecified atom stereocenters. The van der Waals surface area contributed by atoms with Crippen molar-refractivity contribution in [2.75, 3.05) is 13.7 Å². The van der Waals surface area contributed by atoms with Crippen molar-refractivity contribution in [3.8, 4) is 11.4 Å². The van der Waals surface area contributed by atoms with E-state index in [-0.39, 0.29) is 12.3 Å². The smallest absolute Gasteiger partial charge is 0.325 e. The first-order valence-corrected chi connectivity index (χ1v) is 11.1. The summed E-state index contributed by atoms with van der Waals surface area (Å²) in [5.74, 6) is -0.0966. The Hall–Kier alpha value is -3.87. The topological polar surface area (TPSA) is 80.6 Å². The summed E-state index contributed by atoms with van der Waals surface area (Å²) in [6, 6.07) is 14.4. The maximum Gasteiger partial charge on any atom is 0.325 e. The first kappa shape index (κ1) is 23.3.